The summed E-state index contributed by atoms with van der Waals surface area (Å²) in [5.74, 6) is 1.57. The minimum Gasteiger partial charge on any atom is -0.383 e. The standard InChI is InChI=1S/C27H32N8O2/c28-24(23-25(29)32-17-33-26(23)34-20-5-1-2-6-20)19-10-8-18(9-11-19)15-31-27(36)21-16-35(13-14-37-21)22-7-3-4-12-30-22/h3-4,7-12,17,20-21,28H,1-2,5-6,13-16H2,(H,31,36)(H3,29,32,33,34). The molecule has 10 heteroatoms. The zero-order valence-electron chi connectivity index (χ0n) is 20.7. The molecule has 0 radical (unpaired) electrons. The molecule has 0 bridgehead atoms. The van der Waals surface area contributed by atoms with Gasteiger partial charge < -0.3 is 26.0 Å². The Morgan fingerprint density at radius 1 is 1.11 bits per heavy atom. The van der Waals surface area contributed by atoms with E-state index in [4.69, 9.17) is 15.9 Å². The molecule has 2 aromatic heterocycles. The van der Waals surface area contributed by atoms with E-state index in [1.165, 1.54) is 19.2 Å². The van der Waals surface area contributed by atoms with Crippen LogP contribution in [-0.2, 0) is 16.1 Å². The topological polar surface area (TPSA) is 142 Å². The highest BCUT2D eigenvalue weighted by molar-refractivity contribution is 6.16. The fraction of sp³-hybridized carbons (Fsp3) is 0.370. The Hall–Kier alpha value is -4.05. The van der Waals surface area contributed by atoms with E-state index in [9.17, 15) is 4.79 Å². The van der Waals surface area contributed by atoms with Gasteiger partial charge in [0.05, 0.1) is 24.4 Å². The molecule has 10 nitrogen and oxygen atoms in total. The lowest BCUT2D eigenvalue weighted by atomic mass is 10.0. The molecule has 5 N–H and O–H groups in total. The Balaban J connectivity index is 1.20. The number of rotatable bonds is 8. The van der Waals surface area contributed by atoms with E-state index in [1.807, 2.05) is 42.5 Å². The molecule has 37 heavy (non-hydrogen) atoms. The zero-order chi connectivity index (χ0) is 25.6. The van der Waals surface area contributed by atoms with Crippen molar-refractivity contribution in [3.05, 3.63) is 71.7 Å². The number of pyridine rings is 1. The number of carbonyl (C=O) groups excluding carboxylic acids is 1. The van der Waals surface area contributed by atoms with Gasteiger partial charge in [-0.2, -0.15) is 0 Å². The number of carbonyl (C=O) groups is 1. The maximum atomic E-state index is 12.8. The van der Waals surface area contributed by atoms with Crippen LogP contribution in [0.3, 0.4) is 0 Å². The largest absolute Gasteiger partial charge is 0.383 e. The molecule has 0 spiro atoms. The normalized spacial score (nSPS) is 17.9. The van der Waals surface area contributed by atoms with Gasteiger partial charge in [-0.1, -0.05) is 43.2 Å². The van der Waals surface area contributed by atoms with Gasteiger partial charge in [0.25, 0.3) is 5.91 Å². The number of hydrogen-bond acceptors (Lipinski definition) is 9. The minimum atomic E-state index is -0.560. The first-order valence-corrected chi connectivity index (χ1v) is 12.7. The van der Waals surface area contributed by atoms with Crippen molar-refractivity contribution in [2.75, 3.05) is 35.6 Å². The highest BCUT2D eigenvalue weighted by Crippen LogP contribution is 2.26. The molecule has 1 saturated carbocycles. The summed E-state index contributed by atoms with van der Waals surface area (Å²) in [7, 11) is 0. The molecule has 2 fully saturated rings. The van der Waals surface area contributed by atoms with Crippen molar-refractivity contribution in [3.8, 4) is 0 Å². The molecular weight excluding hydrogens is 468 g/mol. The summed E-state index contributed by atoms with van der Waals surface area (Å²) in [6.45, 7) is 1.98. The number of ether oxygens (including phenoxy) is 1. The highest BCUT2D eigenvalue weighted by Gasteiger charge is 2.27. The minimum absolute atomic E-state index is 0.158. The van der Waals surface area contributed by atoms with Gasteiger partial charge in [-0.15, -0.1) is 0 Å². The zero-order valence-corrected chi connectivity index (χ0v) is 20.7. The first-order chi connectivity index (χ1) is 18.1. The van der Waals surface area contributed by atoms with Crippen LogP contribution in [0.25, 0.3) is 0 Å². The summed E-state index contributed by atoms with van der Waals surface area (Å²) in [5, 5.41) is 15.2. The number of nitrogen functional groups attached to an aromatic ring is 1. The number of benzene rings is 1. The maximum absolute atomic E-state index is 12.8. The number of hydrogen-bond donors (Lipinski definition) is 4. The fourth-order valence-corrected chi connectivity index (χ4v) is 4.81. The van der Waals surface area contributed by atoms with Crippen molar-refractivity contribution < 1.29 is 9.53 Å². The summed E-state index contributed by atoms with van der Waals surface area (Å²) in [5.41, 5.74) is 8.57. The number of anilines is 3. The Morgan fingerprint density at radius 2 is 1.92 bits per heavy atom. The van der Waals surface area contributed by atoms with Crippen molar-refractivity contribution in [1.82, 2.24) is 20.3 Å². The molecule has 2 aliphatic rings. The van der Waals surface area contributed by atoms with Crippen LogP contribution in [-0.4, -0.2) is 58.4 Å². The van der Waals surface area contributed by atoms with Crippen LogP contribution in [0.2, 0.25) is 0 Å². The maximum Gasteiger partial charge on any atom is 0.251 e. The van der Waals surface area contributed by atoms with Crippen LogP contribution in [0.15, 0.2) is 55.0 Å². The summed E-state index contributed by atoms with van der Waals surface area (Å²) >= 11 is 0. The molecule has 5 rings (SSSR count). The van der Waals surface area contributed by atoms with Gasteiger partial charge in [0.15, 0.2) is 6.10 Å². The molecule has 3 heterocycles. The van der Waals surface area contributed by atoms with Crippen LogP contribution < -0.4 is 21.3 Å². The Morgan fingerprint density at radius 3 is 2.68 bits per heavy atom. The lowest BCUT2D eigenvalue weighted by Gasteiger charge is -2.32. The van der Waals surface area contributed by atoms with Crippen molar-refractivity contribution in [1.29, 1.82) is 5.41 Å². The van der Waals surface area contributed by atoms with E-state index in [-0.39, 0.29) is 17.4 Å². The molecule has 1 unspecified atom stereocenters. The van der Waals surface area contributed by atoms with Gasteiger partial charge in [-0.25, -0.2) is 15.0 Å². The highest BCUT2D eigenvalue weighted by atomic mass is 16.5. The van der Waals surface area contributed by atoms with Gasteiger partial charge in [0, 0.05) is 30.9 Å². The van der Waals surface area contributed by atoms with E-state index < -0.39 is 6.10 Å². The predicted molar refractivity (Wildman–Crippen MR) is 143 cm³/mol. The second-order valence-corrected chi connectivity index (χ2v) is 9.39. The number of amides is 1. The lowest BCUT2D eigenvalue weighted by molar-refractivity contribution is -0.133. The monoisotopic (exact) mass is 500 g/mol. The van der Waals surface area contributed by atoms with E-state index in [1.54, 1.807) is 6.20 Å². The first-order valence-electron chi connectivity index (χ1n) is 12.7. The third-order valence-corrected chi connectivity index (χ3v) is 6.86. The van der Waals surface area contributed by atoms with Crippen molar-refractivity contribution in [2.24, 2.45) is 0 Å². The third kappa shape index (κ3) is 5.86. The van der Waals surface area contributed by atoms with Crippen LogP contribution >= 0.6 is 0 Å². The molecule has 1 saturated heterocycles. The van der Waals surface area contributed by atoms with Crippen molar-refractivity contribution in [2.45, 2.75) is 44.4 Å². The van der Waals surface area contributed by atoms with E-state index >= 15 is 0 Å². The molecule has 1 aliphatic carbocycles. The van der Waals surface area contributed by atoms with Gasteiger partial charge in [0.1, 0.15) is 23.8 Å². The lowest BCUT2D eigenvalue weighted by Crippen LogP contribution is -2.50. The number of nitrogens with two attached hydrogens (primary N) is 1. The smallest absolute Gasteiger partial charge is 0.251 e. The van der Waals surface area contributed by atoms with Gasteiger partial charge in [-0.05, 0) is 30.5 Å². The van der Waals surface area contributed by atoms with Gasteiger partial charge >= 0.3 is 0 Å². The molecule has 192 valence electrons. The summed E-state index contributed by atoms with van der Waals surface area (Å²) in [6.07, 6.45) is 7.18. The number of morpholine rings is 1. The van der Waals surface area contributed by atoms with E-state index in [0.717, 1.165) is 24.2 Å². The second kappa shape index (κ2) is 11.3. The summed E-state index contributed by atoms with van der Waals surface area (Å²) < 4.78 is 5.71. The Kier molecular flexibility index (Phi) is 7.55. The van der Waals surface area contributed by atoms with E-state index in [2.05, 4.69) is 30.5 Å². The van der Waals surface area contributed by atoms with Crippen LogP contribution in [0.5, 0.6) is 0 Å². The molecule has 1 aromatic carbocycles. The first kappa shape index (κ1) is 24.6. The van der Waals surface area contributed by atoms with Crippen LogP contribution in [0.1, 0.15) is 42.4 Å². The number of aromatic nitrogens is 3. The molecular formula is C27H32N8O2. The third-order valence-electron chi connectivity index (χ3n) is 6.86. The molecule has 3 aromatic rings. The van der Waals surface area contributed by atoms with Crippen LogP contribution in [0.4, 0.5) is 17.5 Å². The average Bonchev–Trinajstić information content (AvgIpc) is 3.45. The van der Waals surface area contributed by atoms with Crippen LogP contribution in [0, 0.1) is 5.41 Å². The number of nitrogens with one attached hydrogen (secondary N) is 3. The van der Waals surface area contributed by atoms with Crippen molar-refractivity contribution in [3.63, 3.8) is 0 Å². The molecule has 1 aliphatic heterocycles. The van der Waals surface area contributed by atoms with Crippen molar-refractivity contribution >= 4 is 29.1 Å². The van der Waals surface area contributed by atoms with E-state index in [0.29, 0.717) is 49.2 Å². The molecule has 1 atom stereocenters. The quantitative estimate of drug-likeness (QED) is 0.346. The summed E-state index contributed by atoms with van der Waals surface area (Å²) in [4.78, 5) is 27.7. The van der Waals surface area contributed by atoms with Gasteiger partial charge in [-0.3, -0.25) is 10.2 Å². The second-order valence-electron chi connectivity index (χ2n) is 9.39. The molecule has 1 amide bonds. The van der Waals surface area contributed by atoms with Gasteiger partial charge in [0.2, 0.25) is 0 Å². The summed E-state index contributed by atoms with van der Waals surface area (Å²) in [6, 6.07) is 13.6. The fourth-order valence-electron chi connectivity index (χ4n) is 4.81. The average molecular weight is 501 g/mol. The Labute approximate surface area is 216 Å². The number of nitrogens with zero attached hydrogens (tertiary/aromatic N) is 4. The Bertz CT molecular complexity index is 1230. The SMILES string of the molecule is N=C(c1ccc(CNC(=O)C2CN(c3ccccn3)CCO2)cc1)c1c(N)ncnc1NC1CCCC1. The predicted octanol–water partition coefficient (Wildman–Crippen LogP) is 2.75.